The van der Waals surface area contributed by atoms with Crippen molar-refractivity contribution in [1.29, 1.82) is 0 Å². The average molecular weight is 292 g/mol. The highest BCUT2D eigenvalue weighted by molar-refractivity contribution is 5.95. The molecule has 0 unspecified atom stereocenters. The number of likely N-dealkylation sites (tertiary alicyclic amines) is 1. The third kappa shape index (κ3) is 3.40. The van der Waals surface area contributed by atoms with Crippen LogP contribution in [0.2, 0.25) is 0 Å². The van der Waals surface area contributed by atoms with Crippen LogP contribution in [-0.2, 0) is 4.79 Å². The van der Waals surface area contributed by atoms with Gasteiger partial charge in [-0.25, -0.2) is 4.39 Å². The van der Waals surface area contributed by atoms with E-state index in [0.717, 1.165) is 5.56 Å². The first kappa shape index (κ1) is 15.5. The van der Waals surface area contributed by atoms with Gasteiger partial charge in [0.2, 0.25) is 5.91 Å². The summed E-state index contributed by atoms with van der Waals surface area (Å²) in [6, 6.07) is 4.55. The number of carbonyl (C=O) groups excluding carboxylic acids is 2. The van der Waals surface area contributed by atoms with Gasteiger partial charge >= 0.3 is 0 Å². The molecule has 2 rings (SSSR count). The molecule has 1 aliphatic heterocycles. The lowest BCUT2D eigenvalue weighted by Gasteiger charge is -2.32. The Bertz CT molecular complexity index is 549. The van der Waals surface area contributed by atoms with Gasteiger partial charge in [0.1, 0.15) is 5.82 Å². The SMILES string of the molecule is Cc1ccc(F)c(C(=O)N2CCC(C(=O)N(C)C)CC2)c1. The first-order chi connectivity index (χ1) is 9.90. The standard InChI is InChI=1S/C16H21FN2O2/c1-11-4-5-14(17)13(10-11)16(21)19-8-6-12(7-9-19)15(20)18(2)3/h4-5,10,12H,6-9H2,1-3H3. The van der Waals surface area contributed by atoms with Gasteiger partial charge in [0.25, 0.3) is 5.91 Å². The van der Waals surface area contributed by atoms with Gasteiger partial charge in [-0.15, -0.1) is 0 Å². The fourth-order valence-corrected chi connectivity index (χ4v) is 2.67. The van der Waals surface area contributed by atoms with Gasteiger partial charge in [0.15, 0.2) is 0 Å². The fourth-order valence-electron chi connectivity index (χ4n) is 2.67. The van der Waals surface area contributed by atoms with E-state index in [1.54, 1.807) is 36.0 Å². The predicted molar refractivity (Wildman–Crippen MR) is 78.5 cm³/mol. The Labute approximate surface area is 124 Å². The van der Waals surface area contributed by atoms with E-state index in [-0.39, 0.29) is 23.3 Å². The molecule has 21 heavy (non-hydrogen) atoms. The van der Waals surface area contributed by atoms with Crippen LogP contribution in [0.4, 0.5) is 4.39 Å². The summed E-state index contributed by atoms with van der Waals surface area (Å²) in [5.41, 5.74) is 0.977. The molecule has 0 radical (unpaired) electrons. The van der Waals surface area contributed by atoms with E-state index in [0.29, 0.717) is 25.9 Å². The minimum absolute atomic E-state index is 0.0357. The van der Waals surface area contributed by atoms with Crippen molar-refractivity contribution in [3.8, 4) is 0 Å². The molecule has 0 atom stereocenters. The fraction of sp³-hybridized carbons (Fsp3) is 0.500. The summed E-state index contributed by atoms with van der Waals surface area (Å²) in [5.74, 6) is -0.709. The minimum atomic E-state index is -0.489. The summed E-state index contributed by atoms with van der Waals surface area (Å²) < 4.78 is 13.8. The summed E-state index contributed by atoms with van der Waals surface area (Å²) in [4.78, 5) is 27.5. The van der Waals surface area contributed by atoms with Crippen LogP contribution in [0.25, 0.3) is 0 Å². The third-order valence-corrected chi connectivity index (χ3v) is 3.92. The van der Waals surface area contributed by atoms with Gasteiger partial charge in [-0.05, 0) is 31.9 Å². The molecule has 1 heterocycles. The first-order valence-electron chi connectivity index (χ1n) is 7.16. The summed E-state index contributed by atoms with van der Waals surface area (Å²) >= 11 is 0. The minimum Gasteiger partial charge on any atom is -0.349 e. The molecular formula is C16H21FN2O2. The zero-order valence-electron chi connectivity index (χ0n) is 12.7. The molecule has 0 bridgehead atoms. The normalized spacial score (nSPS) is 15.9. The molecule has 1 fully saturated rings. The highest BCUT2D eigenvalue weighted by Gasteiger charge is 2.29. The number of benzene rings is 1. The van der Waals surface area contributed by atoms with Crippen LogP contribution < -0.4 is 0 Å². The third-order valence-electron chi connectivity index (χ3n) is 3.92. The molecule has 0 spiro atoms. The smallest absolute Gasteiger partial charge is 0.256 e. The molecule has 4 nitrogen and oxygen atoms in total. The zero-order valence-corrected chi connectivity index (χ0v) is 12.7. The molecule has 0 saturated carbocycles. The van der Waals surface area contributed by atoms with Gasteiger partial charge in [0, 0.05) is 33.1 Å². The molecule has 0 N–H and O–H groups in total. The van der Waals surface area contributed by atoms with E-state index >= 15 is 0 Å². The van der Waals surface area contributed by atoms with Crippen LogP contribution in [0.5, 0.6) is 0 Å². The van der Waals surface area contributed by atoms with Crippen LogP contribution in [0.3, 0.4) is 0 Å². The number of hydrogen-bond donors (Lipinski definition) is 0. The van der Waals surface area contributed by atoms with Crippen LogP contribution >= 0.6 is 0 Å². The molecule has 2 amide bonds. The molecule has 5 heteroatoms. The Balaban J connectivity index is 2.03. The van der Waals surface area contributed by atoms with Gasteiger partial charge in [-0.2, -0.15) is 0 Å². The lowest BCUT2D eigenvalue weighted by Crippen LogP contribution is -2.43. The predicted octanol–water partition coefficient (Wildman–Crippen LogP) is 2.07. The van der Waals surface area contributed by atoms with Gasteiger partial charge in [0.05, 0.1) is 5.56 Å². The van der Waals surface area contributed by atoms with Gasteiger partial charge < -0.3 is 9.80 Å². The summed E-state index contributed by atoms with van der Waals surface area (Å²) in [5, 5.41) is 0. The van der Waals surface area contributed by atoms with E-state index < -0.39 is 5.82 Å². The van der Waals surface area contributed by atoms with Crippen LogP contribution in [-0.4, -0.2) is 48.8 Å². The van der Waals surface area contributed by atoms with E-state index in [1.807, 2.05) is 6.92 Å². The molecular weight excluding hydrogens is 271 g/mol. The number of hydrogen-bond acceptors (Lipinski definition) is 2. The number of aryl methyl sites for hydroxylation is 1. The molecule has 0 aliphatic carbocycles. The number of halogens is 1. The molecule has 1 aromatic carbocycles. The molecule has 0 aromatic heterocycles. The van der Waals surface area contributed by atoms with Crippen molar-refractivity contribution in [3.05, 3.63) is 35.1 Å². The number of carbonyl (C=O) groups is 2. The van der Waals surface area contributed by atoms with Crippen molar-refractivity contribution in [2.45, 2.75) is 19.8 Å². The Hall–Kier alpha value is -1.91. The Kier molecular flexibility index (Phi) is 4.60. The van der Waals surface area contributed by atoms with E-state index in [2.05, 4.69) is 0 Å². The second kappa shape index (κ2) is 6.24. The molecule has 1 aromatic rings. The van der Waals surface area contributed by atoms with Gasteiger partial charge in [-0.3, -0.25) is 9.59 Å². The maximum Gasteiger partial charge on any atom is 0.256 e. The maximum absolute atomic E-state index is 13.8. The van der Waals surface area contributed by atoms with E-state index in [9.17, 15) is 14.0 Å². The summed E-state index contributed by atoms with van der Waals surface area (Å²) in [6.07, 6.45) is 1.27. The van der Waals surface area contributed by atoms with Crippen molar-refractivity contribution in [3.63, 3.8) is 0 Å². The number of nitrogens with zero attached hydrogens (tertiary/aromatic N) is 2. The molecule has 114 valence electrons. The topological polar surface area (TPSA) is 40.6 Å². The number of rotatable bonds is 2. The zero-order chi connectivity index (χ0) is 15.6. The maximum atomic E-state index is 13.8. The van der Waals surface area contributed by atoms with Crippen molar-refractivity contribution >= 4 is 11.8 Å². The lowest BCUT2D eigenvalue weighted by atomic mass is 9.95. The second-order valence-corrected chi connectivity index (χ2v) is 5.78. The highest BCUT2D eigenvalue weighted by atomic mass is 19.1. The summed E-state index contributed by atoms with van der Waals surface area (Å²) in [7, 11) is 3.48. The van der Waals surface area contributed by atoms with Crippen molar-refractivity contribution in [2.75, 3.05) is 27.2 Å². The Morgan fingerprint density at radius 1 is 1.24 bits per heavy atom. The largest absolute Gasteiger partial charge is 0.349 e. The molecule has 1 aliphatic rings. The summed E-state index contributed by atoms with van der Waals surface area (Å²) in [6.45, 7) is 2.82. The van der Waals surface area contributed by atoms with Crippen LogP contribution in [0.15, 0.2) is 18.2 Å². The Morgan fingerprint density at radius 2 is 1.86 bits per heavy atom. The van der Waals surface area contributed by atoms with Crippen molar-refractivity contribution < 1.29 is 14.0 Å². The Morgan fingerprint density at radius 3 is 2.43 bits per heavy atom. The van der Waals surface area contributed by atoms with Crippen LogP contribution in [0, 0.1) is 18.7 Å². The van der Waals surface area contributed by atoms with Crippen molar-refractivity contribution in [2.24, 2.45) is 5.92 Å². The highest BCUT2D eigenvalue weighted by Crippen LogP contribution is 2.21. The van der Waals surface area contributed by atoms with E-state index in [4.69, 9.17) is 0 Å². The molecule has 1 saturated heterocycles. The van der Waals surface area contributed by atoms with Crippen molar-refractivity contribution in [1.82, 2.24) is 9.80 Å². The first-order valence-corrected chi connectivity index (χ1v) is 7.16. The van der Waals surface area contributed by atoms with Crippen LogP contribution in [0.1, 0.15) is 28.8 Å². The lowest BCUT2D eigenvalue weighted by molar-refractivity contribution is -0.134. The second-order valence-electron chi connectivity index (χ2n) is 5.78. The van der Waals surface area contributed by atoms with Gasteiger partial charge in [-0.1, -0.05) is 11.6 Å². The number of piperidine rings is 1. The average Bonchev–Trinajstić information content (AvgIpc) is 2.48. The number of amides is 2. The monoisotopic (exact) mass is 292 g/mol. The quantitative estimate of drug-likeness (QED) is 0.837. The van der Waals surface area contributed by atoms with E-state index in [1.165, 1.54) is 6.07 Å².